The number of allylic oxidation sites excluding steroid dienone is 6. The number of unbranched alkanes of at least 4 members (excludes halogenated alkanes) is 45. The molecule has 0 aliphatic heterocycles. The zero-order chi connectivity index (χ0) is 54.3. The van der Waals surface area contributed by atoms with Crippen LogP contribution in [0.5, 0.6) is 0 Å². The minimum atomic E-state index is -0.772. The van der Waals surface area contributed by atoms with Gasteiger partial charge in [-0.2, -0.15) is 0 Å². The summed E-state index contributed by atoms with van der Waals surface area (Å²) in [5, 5.41) is 0. The second-order valence-corrected chi connectivity index (χ2v) is 22.7. The molecule has 440 valence electrons. The largest absolute Gasteiger partial charge is 0.462 e. The molecule has 0 bridgehead atoms. The Hall–Kier alpha value is -2.37. The molecule has 0 saturated heterocycles. The van der Waals surface area contributed by atoms with Crippen LogP contribution in [0.2, 0.25) is 0 Å². The van der Waals surface area contributed by atoms with Crippen LogP contribution in [0.1, 0.15) is 367 Å². The molecule has 0 aliphatic carbocycles. The topological polar surface area (TPSA) is 78.9 Å². The number of carbonyl (C=O) groups excluding carboxylic acids is 3. The number of carbonyl (C=O) groups is 3. The van der Waals surface area contributed by atoms with Crippen molar-refractivity contribution in [2.75, 3.05) is 13.2 Å². The van der Waals surface area contributed by atoms with Gasteiger partial charge in [0.15, 0.2) is 6.10 Å². The van der Waals surface area contributed by atoms with Crippen molar-refractivity contribution < 1.29 is 28.6 Å². The van der Waals surface area contributed by atoms with Crippen molar-refractivity contribution in [2.24, 2.45) is 0 Å². The quantitative estimate of drug-likeness (QED) is 0.0261. The normalized spacial score (nSPS) is 12.2. The zero-order valence-corrected chi connectivity index (χ0v) is 50.6. The van der Waals surface area contributed by atoms with Gasteiger partial charge in [0.2, 0.25) is 0 Å². The Labute approximate surface area is 467 Å². The fourth-order valence-corrected chi connectivity index (χ4v) is 10.0. The summed E-state index contributed by atoms with van der Waals surface area (Å²) in [7, 11) is 0. The van der Waals surface area contributed by atoms with E-state index in [2.05, 4.69) is 57.2 Å². The van der Waals surface area contributed by atoms with Crippen LogP contribution in [-0.4, -0.2) is 37.2 Å². The maximum Gasteiger partial charge on any atom is 0.306 e. The number of hydrogen-bond donors (Lipinski definition) is 0. The molecular weight excluding hydrogens is 925 g/mol. The molecule has 0 radical (unpaired) electrons. The molecule has 0 fully saturated rings. The van der Waals surface area contributed by atoms with E-state index in [0.717, 1.165) is 70.6 Å². The molecule has 1 atom stereocenters. The first-order valence-electron chi connectivity index (χ1n) is 33.5. The second-order valence-electron chi connectivity index (χ2n) is 22.7. The van der Waals surface area contributed by atoms with Crippen molar-refractivity contribution in [1.29, 1.82) is 0 Å². The van der Waals surface area contributed by atoms with Gasteiger partial charge in [-0.05, 0) is 70.6 Å². The molecule has 1 unspecified atom stereocenters. The third kappa shape index (κ3) is 62.4. The van der Waals surface area contributed by atoms with E-state index in [-0.39, 0.29) is 31.1 Å². The van der Waals surface area contributed by atoms with Gasteiger partial charge < -0.3 is 14.2 Å². The van der Waals surface area contributed by atoms with E-state index in [1.54, 1.807) is 0 Å². The Morgan fingerprint density at radius 2 is 0.493 bits per heavy atom. The number of ether oxygens (including phenoxy) is 3. The van der Waals surface area contributed by atoms with Crippen LogP contribution in [0.15, 0.2) is 36.5 Å². The molecule has 0 rings (SSSR count). The van der Waals surface area contributed by atoms with Crippen LogP contribution in [0.25, 0.3) is 0 Å². The molecule has 6 heteroatoms. The molecule has 0 aromatic rings. The van der Waals surface area contributed by atoms with E-state index in [4.69, 9.17) is 14.2 Å². The standard InChI is InChI=1S/C69H128O6/c1-4-7-10-13-16-19-22-24-26-28-30-31-32-33-34-35-36-37-39-40-42-44-47-50-53-56-59-62-68(71)74-65-66(64-73-67(70)61-58-55-52-49-46-21-18-15-12-9-6-3)75-69(72)63-60-57-54-51-48-45-43-41-38-29-27-25-23-20-17-14-11-8-5-2/h15,18,22,24,28,30,66H,4-14,16-17,19-21,23,25-27,29,31-65H2,1-3H3/b18-15-,24-22-,30-28-. The minimum Gasteiger partial charge on any atom is -0.462 e. The molecule has 0 aromatic carbocycles. The van der Waals surface area contributed by atoms with E-state index in [9.17, 15) is 14.4 Å². The summed E-state index contributed by atoms with van der Waals surface area (Å²) in [4.78, 5) is 38.3. The van der Waals surface area contributed by atoms with Gasteiger partial charge in [0.1, 0.15) is 13.2 Å². The second kappa shape index (κ2) is 64.2. The van der Waals surface area contributed by atoms with E-state index in [1.165, 1.54) is 257 Å². The van der Waals surface area contributed by atoms with E-state index in [0.29, 0.717) is 19.3 Å². The molecular formula is C69H128O6. The molecule has 0 saturated carbocycles. The van der Waals surface area contributed by atoms with Crippen molar-refractivity contribution in [3.8, 4) is 0 Å². The third-order valence-corrected chi connectivity index (χ3v) is 15.1. The molecule has 0 aliphatic rings. The molecule has 0 heterocycles. The van der Waals surface area contributed by atoms with Crippen LogP contribution in [0, 0.1) is 0 Å². The molecule has 75 heavy (non-hydrogen) atoms. The smallest absolute Gasteiger partial charge is 0.306 e. The monoisotopic (exact) mass is 1050 g/mol. The van der Waals surface area contributed by atoms with Gasteiger partial charge in [-0.15, -0.1) is 0 Å². The SMILES string of the molecule is CCCC/C=C\CCCCCCCC(=O)OCC(COC(=O)CCCCCCCCCCCCCCCCC/C=C\C/C=C\CCCCCCC)OC(=O)CCCCCCCCCCCCCCCCCCCCC. The van der Waals surface area contributed by atoms with Crippen molar-refractivity contribution >= 4 is 17.9 Å². The van der Waals surface area contributed by atoms with Crippen LogP contribution >= 0.6 is 0 Å². The van der Waals surface area contributed by atoms with Gasteiger partial charge in [-0.25, -0.2) is 0 Å². The number of hydrogen-bond acceptors (Lipinski definition) is 6. The van der Waals surface area contributed by atoms with Gasteiger partial charge in [0, 0.05) is 19.3 Å². The summed E-state index contributed by atoms with van der Waals surface area (Å²) >= 11 is 0. The highest BCUT2D eigenvalue weighted by molar-refractivity contribution is 5.71. The minimum absolute atomic E-state index is 0.0699. The van der Waals surface area contributed by atoms with Crippen molar-refractivity contribution in [2.45, 2.75) is 374 Å². The Kier molecular flexibility index (Phi) is 62.1. The van der Waals surface area contributed by atoms with E-state index < -0.39 is 6.10 Å². The molecule has 0 amide bonds. The Morgan fingerprint density at radius 3 is 0.787 bits per heavy atom. The van der Waals surface area contributed by atoms with Crippen LogP contribution in [0.3, 0.4) is 0 Å². The molecule has 0 N–H and O–H groups in total. The highest BCUT2D eigenvalue weighted by Gasteiger charge is 2.19. The van der Waals surface area contributed by atoms with Gasteiger partial charge in [-0.3, -0.25) is 14.4 Å². The van der Waals surface area contributed by atoms with Crippen molar-refractivity contribution in [1.82, 2.24) is 0 Å². The lowest BCUT2D eigenvalue weighted by Gasteiger charge is -2.18. The summed E-state index contributed by atoms with van der Waals surface area (Å²) in [6.45, 7) is 6.65. The molecule has 6 nitrogen and oxygen atoms in total. The highest BCUT2D eigenvalue weighted by atomic mass is 16.6. The number of rotatable bonds is 62. The zero-order valence-electron chi connectivity index (χ0n) is 50.6. The Morgan fingerprint density at radius 1 is 0.267 bits per heavy atom. The molecule has 0 spiro atoms. The predicted octanol–water partition coefficient (Wildman–Crippen LogP) is 22.8. The summed E-state index contributed by atoms with van der Waals surface area (Å²) in [5.74, 6) is -0.855. The lowest BCUT2D eigenvalue weighted by atomic mass is 10.0. The lowest BCUT2D eigenvalue weighted by molar-refractivity contribution is -0.167. The molecule has 0 aromatic heterocycles. The number of esters is 3. The Balaban J connectivity index is 4.17. The van der Waals surface area contributed by atoms with Crippen LogP contribution in [0.4, 0.5) is 0 Å². The van der Waals surface area contributed by atoms with Gasteiger partial charge in [-0.1, -0.05) is 314 Å². The fraction of sp³-hybridized carbons (Fsp3) is 0.870. The predicted molar refractivity (Wildman–Crippen MR) is 326 cm³/mol. The average molecular weight is 1050 g/mol. The average Bonchev–Trinajstić information content (AvgIpc) is 3.41. The lowest BCUT2D eigenvalue weighted by Crippen LogP contribution is -2.30. The maximum absolute atomic E-state index is 12.9. The van der Waals surface area contributed by atoms with Gasteiger partial charge in [0.25, 0.3) is 0 Å². The van der Waals surface area contributed by atoms with Gasteiger partial charge >= 0.3 is 17.9 Å². The summed E-state index contributed by atoms with van der Waals surface area (Å²) in [5.41, 5.74) is 0. The van der Waals surface area contributed by atoms with E-state index in [1.807, 2.05) is 0 Å². The van der Waals surface area contributed by atoms with Crippen LogP contribution < -0.4 is 0 Å². The van der Waals surface area contributed by atoms with Crippen LogP contribution in [-0.2, 0) is 28.6 Å². The van der Waals surface area contributed by atoms with Gasteiger partial charge in [0.05, 0.1) is 0 Å². The third-order valence-electron chi connectivity index (χ3n) is 15.1. The van der Waals surface area contributed by atoms with Crippen molar-refractivity contribution in [3.05, 3.63) is 36.5 Å². The first kappa shape index (κ1) is 72.6. The fourth-order valence-electron chi connectivity index (χ4n) is 10.0. The first-order chi connectivity index (χ1) is 37.0. The highest BCUT2D eigenvalue weighted by Crippen LogP contribution is 2.18. The van der Waals surface area contributed by atoms with E-state index >= 15 is 0 Å². The Bertz CT molecular complexity index is 1250. The summed E-state index contributed by atoms with van der Waals surface area (Å²) in [6, 6.07) is 0. The maximum atomic E-state index is 12.9. The van der Waals surface area contributed by atoms with Crippen molar-refractivity contribution in [3.63, 3.8) is 0 Å². The first-order valence-corrected chi connectivity index (χ1v) is 33.5. The summed E-state index contributed by atoms with van der Waals surface area (Å²) < 4.78 is 16.9. The summed E-state index contributed by atoms with van der Waals surface area (Å²) in [6.07, 6.45) is 78.8.